The van der Waals surface area contributed by atoms with Gasteiger partial charge >= 0.3 is 0 Å². The maximum absolute atomic E-state index is 12.9. The van der Waals surface area contributed by atoms with Crippen molar-refractivity contribution >= 4 is 16.6 Å². The number of nitrogens with zero attached hydrogens (tertiary/aromatic N) is 7. The molecule has 1 aliphatic rings. The van der Waals surface area contributed by atoms with E-state index in [1.165, 1.54) is 0 Å². The van der Waals surface area contributed by atoms with Crippen molar-refractivity contribution in [2.45, 2.75) is 25.3 Å². The van der Waals surface area contributed by atoms with Gasteiger partial charge in [-0.2, -0.15) is 10.2 Å². The first kappa shape index (κ1) is 21.4. The maximum atomic E-state index is 12.9. The van der Waals surface area contributed by atoms with Gasteiger partial charge in [0.15, 0.2) is 5.78 Å². The number of hydrogen-bond donors (Lipinski definition) is 0. The van der Waals surface area contributed by atoms with E-state index in [1.807, 2.05) is 36.3 Å². The van der Waals surface area contributed by atoms with Gasteiger partial charge in [-0.3, -0.25) is 24.1 Å². The van der Waals surface area contributed by atoms with Crippen molar-refractivity contribution in [3.63, 3.8) is 0 Å². The summed E-state index contributed by atoms with van der Waals surface area (Å²) < 4.78 is 16.2. The number of hydrogen-bond acceptors (Lipinski definition) is 6. The van der Waals surface area contributed by atoms with E-state index in [0.717, 1.165) is 48.0 Å². The summed E-state index contributed by atoms with van der Waals surface area (Å²) in [5, 5.41) is 10.5. The average molecular weight is 448 g/mol. The van der Waals surface area contributed by atoms with E-state index in [0.29, 0.717) is 17.8 Å². The number of rotatable bonds is 7. The molecule has 0 aliphatic carbocycles. The van der Waals surface area contributed by atoms with Crippen LogP contribution in [0.2, 0.25) is 0 Å². The zero-order valence-electron chi connectivity index (χ0n) is 18.6. The summed E-state index contributed by atoms with van der Waals surface area (Å²) in [7, 11) is 1.87. The smallest absolute Gasteiger partial charge is 0.171 e. The molecule has 0 atom stereocenters. The molecule has 1 fully saturated rings. The molecule has 8 nitrogen and oxygen atoms in total. The first-order valence-corrected chi connectivity index (χ1v) is 11.2. The Morgan fingerprint density at radius 3 is 2.61 bits per heavy atom. The molecule has 5 rings (SSSR count). The van der Waals surface area contributed by atoms with Gasteiger partial charge < -0.3 is 4.90 Å². The first-order chi connectivity index (χ1) is 16.1. The molecule has 1 saturated heterocycles. The summed E-state index contributed by atoms with van der Waals surface area (Å²) in [4.78, 5) is 24.0. The minimum absolute atomic E-state index is 0.00972. The summed E-state index contributed by atoms with van der Waals surface area (Å²) in [5.74, 6) is -0.00972. The molecule has 170 valence electrons. The standard InChI is InChI=1S/C24H26FN7O/c1-30-15-19(13-28-30)23-9-17-8-21(26-11-18(17)12-27-23)10-24(33)20-14-29-32(16-20)22-2-5-31(6-3-22)7-4-25/h8-9,11-16,22H,2-7,10H2,1H3. The average Bonchev–Trinajstić information content (AvgIpc) is 3.49. The van der Waals surface area contributed by atoms with Gasteiger partial charge in [-0.05, 0) is 30.4 Å². The molecule has 0 saturated carbocycles. The fourth-order valence-electron chi connectivity index (χ4n) is 4.37. The molecule has 4 aromatic heterocycles. The number of aryl methyl sites for hydroxylation is 1. The number of halogens is 1. The van der Waals surface area contributed by atoms with Crippen molar-refractivity contribution in [1.82, 2.24) is 34.4 Å². The highest BCUT2D eigenvalue weighted by atomic mass is 19.1. The molecule has 0 bridgehead atoms. The number of fused-ring (bicyclic) bond motifs is 1. The van der Waals surface area contributed by atoms with Gasteiger partial charge in [0.2, 0.25) is 0 Å². The number of aromatic nitrogens is 6. The Hall–Kier alpha value is -3.46. The highest BCUT2D eigenvalue weighted by molar-refractivity contribution is 5.97. The van der Waals surface area contributed by atoms with E-state index < -0.39 is 0 Å². The Labute approximate surface area is 191 Å². The van der Waals surface area contributed by atoms with Crippen molar-refractivity contribution in [3.8, 4) is 11.3 Å². The Balaban J connectivity index is 1.28. The molecule has 4 aromatic rings. The molecule has 0 amide bonds. The quantitative estimate of drug-likeness (QED) is 0.405. The SMILES string of the molecule is Cn1cc(-c2cc3cc(CC(=O)c4cnn(C5CCN(CCF)CC5)c4)ncc3cn2)cn1. The largest absolute Gasteiger partial charge is 0.301 e. The van der Waals surface area contributed by atoms with Crippen LogP contribution in [0.4, 0.5) is 4.39 Å². The van der Waals surface area contributed by atoms with E-state index in [2.05, 4.69) is 25.1 Å². The molecule has 0 spiro atoms. The van der Waals surface area contributed by atoms with Crippen LogP contribution in [-0.4, -0.2) is 66.5 Å². The molecule has 1 aliphatic heterocycles. The summed E-state index contributed by atoms with van der Waals surface area (Å²) in [6.07, 6.45) is 12.8. The van der Waals surface area contributed by atoms with Crippen molar-refractivity contribution in [1.29, 1.82) is 0 Å². The van der Waals surface area contributed by atoms with Gasteiger partial charge in [-0.15, -0.1) is 0 Å². The number of ketones is 1. The van der Waals surface area contributed by atoms with Crippen LogP contribution in [0.5, 0.6) is 0 Å². The molecule has 33 heavy (non-hydrogen) atoms. The first-order valence-electron chi connectivity index (χ1n) is 11.2. The lowest BCUT2D eigenvalue weighted by molar-refractivity contribution is 0.0991. The second-order valence-electron chi connectivity index (χ2n) is 8.57. The van der Waals surface area contributed by atoms with Crippen LogP contribution in [0, 0.1) is 0 Å². The number of pyridine rings is 2. The van der Waals surface area contributed by atoms with Crippen LogP contribution in [0.25, 0.3) is 22.0 Å². The fraction of sp³-hybridized carbons (Fsp3) is 0.375. The van der Waals surface area contributed by atoms with Crippen LogP contribution < -0.4 is 0 Å². The summed E-state index contributed by atoms with van der Waals surface area (Å²) >= 11 is 0. The molecule has 0 unspecified atom stereocenters. The molecular weight excluding hydrogens is 421 g/mol. The van der Waals surface area contributed by atoms with Crippen molar-refractivity contribution < 1.29 is 9.18 Å². The van der Waals surface area contributed by atoms with Crippen molar-refractivity contribution in [2.24, 2.45) is 7.05 Å². The Morgan fingerprint density at radius 2 is 1.85 bits per heavy atom. The maximum Gasteiger partial charge on any atom is 0.171 e. The van der Waals surface area contributed by atoms with Crippen LogP contribution >= 0.6 is 0 Å². The summed E-state index contributed by atoms with van der Waals surface area (Å²) in [6, 6.07) is 4.19. The number of likely N-dealkylation sites (tertiary alicyclic amines) is 1. The third-order valence-electron chi connectivity index (χ3n) is 6.26. The number of piperidine rings is 1. The van der Waals surface area contributed by atoms with Gasteiger partial charge in [0.1, 0.15) is 6.67 Å². The summed E-state index contributed by atoms with van der Waals surface area (Å²) in [6.45, 7) is 1.90. The van der Waals surface area contributed by atoms with Crippen LogP contribution in [-0.2, 0) is 13.5 Å². The minimum atomic E-state index is -0.310. The van der Waals surface area contributed by atoms with Gasteiger partial charge in [-0.25, -0.2) is 4.39 Å². The second kappa shape index (κ2) is 9.19. The van der Waals surface area contributed by atoms with Gasteiger partial charge in [0, 0.05) is 68.1 Å². The van der Waals surface area contributed by atoms with E-state index in [9.17, 15) is 9.18 Å². The predicted octanol–water partition coefficient (Wildman–Crippen LogP) is 3.26. The topological polar surface area (TPSA) is 81.7 Å². The molecule has 0 N–H and O–H groups in total. The molecule has 5 heterocycles. The van der Waals surface area contributed by atoms with Crippen molar-refractivity contribution in [2.75, 3.05) is 26.3 Å². The highest BCUT2D eigenvalue weighted by Gasteiger charge is 2.22. The number of carbonyl (C=O) groups is 1. The van der Waals surface area contributed by atoms with E-state index in [4.69, 9.17) is 0 Å². The number of carbonyl (C=O) groups excluding carboxylic acids is 1. The fourth-order valence-corrected chi connectivity index (χ4v) is 4.37. The van der Waals surface area contributed by atoms with E-state index >= 15 is 0 Å². The van der Waals surface area contributed by atoms with Crippen molar-refractivity contribution in [3.05, 3.63) is 60.6 Å². The van der Waals surface area contributed by atoms with Gasteiger partial charge in [0.25, 0.3) is 0 Å². The van der Waals surface area contributed by atoms with E-state index in [-0.39, 0.29) is 24.9 Å². The van der Waals surface area contributed by atoms with Gasteiger partial charge in [-0.1, -0.05) is 0 Å². The number of Topliss-reactive ketones (excluding diaryl/α,β-unsaturated/α-hetero) is 1. The lowest BCUT2D eigenvalue weighted by Gasteiger charge is -2.31. The van der Waals surface area contributed by atoms with Crippen LogP contribution in [0.15, 0.2) is 49.3 Å². The zero-order valence-corrected chi connectivity index (χ0v) is 18.6. The third kappa shape index (κ3) is 4.68. The molecular formula is C24H26FN7O. The summed E-state index contributed by atoms with van der Waals surface area (Å²) in [5.41, 5.74) is 3.08. The lowest BCUT2D eigenvalue weighted by atomic mass is 10.0. The van der Waals surface area contributed by atoms with E-state index in [1.54, 1.807) is 29.5 Å². The monoisotopic (exact) mass is 447 g/mol. The van der Waals surface area contributed by atoms with Crippen LogP contribution in [0.3, 0.4) is 0 Å². The predicted molar refractivity (Wildman–Crippen MR) is 123 cm³/mol. The highest BCUT2D eigenvalue weighted by Crippen LogP contribution is 2.24. The number of alkyl halides is 1. The Bertz CT molecular complexity index is 1270. The zero-order chi connectivity index (χ0) is 22.8. The molecule has 0 radical (unpaired) electrons. The Kier molecular flexibility index (Phi) is 5.95. The molecule has 9 heteroatoms. The minimum Gasteiger partial charge on any atom is -0.301 e. The second-order valence-corrected chi connectivity index (χ2v) is 8.57. The lowest BCUT2D eigenvalue weighted by Crippen LogP contribution is -2.36. The van der Waals surface area contributed by atoms with Gasteiger partial charge in [0.05, 0.1) is 36.1 Å². The third-order valence-corrected chi connectivity index (χ3v) is 6.26. The Morgan fingerprint density at radius 1 is 1.03 bits per heavy atom. The normalized spacial score (nSPS) is 15.3. The molecule has 0 aromatic carbocycles. The van der Waals surface area contributed by atoms with Crippen LogP contribution in [0.1, 0.15) is 34.9 Å².